The minimum atomic E-state index is 0. The Bertz CT molecular complexity index is 588. The molecule has 152 valence electrons. The Kier molecular flexibility index (Phi) is 11.2. The molecule has 1 aliphatic rings. The average molecular weight is 488 g/mol. The van der Waals surface area contributed by atoms with Crippen LogP contribution in [0.25, 0.3) is 0 Å². The summed E-state index contributed by atoms with van der Waals surface area (Å²) in [6.07, 6.45) is 3.56. The molecule has 0 unspecified atom stereocenters. The molecule has 1 aromatic rings. The van der Waals surface area contributed by atoms with E-state index in [1.807, 2.05) is 31.3 Å². The highest BCUT2D eigenvalue weighted by Gasteiger charge is 2.22. The van der Waals surface area contributed by atoms with E-state index < -0.39 is 0 Å². The van der Waals surface area contributed by atoms with Crippen LogP contribution in [0.15, 0.2) is 29.3 Å². The molecular weight excluding hydrogens is 455 g/mol. The van der Waals surface area contributed by atoms with Crippen LogP contribution in [-0.2, 0) is 4.79 Å². The number of benzene rings is 1. The Morgan fingerprint density at radius 2 is 2.00 bits per heavy atom. The molecule has 1 saturated carbocycles. The van der Waals surface area contributed by atoms with Gasteiger partial charge in [-0.1, -0.05) is 17.7 Å². The largest absolute Gasteiger partial charge is 0.492 e. The number of aliphatic imine (C=N–C) groups is 1. The monoisotopic (exact) mass is 488 g/mol. The van der Waals surface area contributed by atoms with Crippen molar-refractivity contribution >= 4 is 35.8 Å². The molecule has 0 spiro atoms. The molecule has 27 heavy (non-hydrogen) atoms. The minimum absolute atomic E-state index is 0. The minimum Gasteiger partial charge on any atom is -0.492 e. The molecule has 0 atom stereocenters. The Balaban J connectivity index is 0.00000364. The van der Waals surface area contributed by atoms with Crippen molar-refractivity contribution in [1.29, 1.82) is 0 Å². The Morgan fingerprint density at radius 1 is 1.30 bits per heavy atom. The molecular formula is C20H33IN4O2. The molecule has 2 rings (SSSR count). The summed E-state index contributed by atoms with van der Waals surface area (Å²) in [5, 5.41) is 6.30. The molecule has 0 saturated heterocycles. The first kappa shape index (κ1) is 23.5. The van der Waals surface area contributed by atoms with E-state index in [-0.39, 0.29) is 29.9 Å². The van der Waals surface area contributed by atoms with E-state index in [9.17, 15) is 4.79 Å². The summed E-state index contributed by atoms with van der Waals surface area (Å²) in [6.45, 7) is 6.89. The molecule has 1 aliphatic carbocycles. The van der Waals surface area contributed by atoms with Gasteiger partial charge in [0, 0.05) is 32.6 Å². The molecule has 0 heterocycles. The van der Waals surface area contributed by atoms with Crippen LogP contribution in [0, 0.1) is 6.92 Å². The second-order valence-electron chi connectivity index (χ2n) is 6.76. The number of amides is 1. The second kappa shape index (κ2) is 12.8. The van der Waals surface area contributed by atoms with Crippen LogP contribution in [0.1, 0.15) is 38.2 Å². The fraction of sp³-hybridized carbons (Fsp3) is 0.600. The molecule has 2 N–H and O–H groups in total. The van der Waals surface area contributed by atoms with Gasteiger partial charge in [-0.15, -0.1) is 24.0 Å². The van der Waals surface area contributed by atoms with Gasteiger partial charge in [0.15, 0.2) is 5.96 Å². The van der Waals surface area contributed by atoms with Crippen molar-refractivity contribution in [2.75, 3.05) is 33.3 Å². The molecule has 0 aromatic heterocycles. The lowest BCUT2D eigenvalue weighted by Gasteiger charge is -2.22. The highest BCUT2D eigenvalue weighted by atomic mass is 127. The molecule has 0 aliphatic heterocycles. The number of carbonyl (C=O) groups excluding carboxylic acids is 1. The third kappa shape index (κ3) is 9.83. The van der Waals surface area contributed by atoms with Crippen molar-refractivity contribution < 1.29 is 9.53 Å². The van der Waals surface area contributed by atoms with E-state index in [1.54, 1.807) is 0 Å². The van der Waals surface area contributed by atoms with Crippen molar-refractivity contribution in [2.45, 2.75) is 45.6 Å². The molecule has 1 aromatic carbocycles. The lowest BCUT2D eigenvalue weighted by Crippen LogP contribution is -2.41. The number of rotatable bonds is 10. The predicted molar refractivity (Wildman–Crippen MR) is 121 cm³/mol. The van der Waals surface area contributed by atoms with Crippen LogP contribution in [0.4, 0.5) is 0 Å². The number of carbonyl (C=O) groups is 1. The number of ether oxygens (including phenoxy) is 1. The number of guanidine groups is 1. The molecule has 0 bridgehead atoms. The lowest BCUT2D eigenvalue weighted by molar-refractivity contribution is -0.121. The number of aryl methyl sites for hydroxylation is 1. The van der Waals surface area contributed by atoms with Gasteiger partial charge in [-0.3, -0.25) is 9.79 Å². The predicted octanol–water partition coefficient (Wildman–Crippen LogP) is 2.95. The Hall–Kier alpha value is -1.51. The van der Waals surface area contributed by atoms with E-state index in [1.165, 1.54) is 5.56 Å². The van der Waals surface area contributed by atoms with Gasteiger partial charge >= 0.3 is 0 Å². The van der Waals surface area contributed by atoms with E-state index >= 15 is 0 Å². The quantitative estimate of drug-likeness (QED) is 0.230. The van der Waals surface area contributed by atoms with E-state index in [0.717, 1.165) is 44.1 Å². The molecule has 0 radical (unpaired) electrons. The van der Waals surface area contributed by atoms with Gasteiger partial charge in [0.05, 0.1) is 6.54 Å². The van der Waals surface area contributed by atoms with Gasteiger partial charge in [0.25, 0.3) is 0 Å². The van der Waals surface area contributed by atoms with Crippen LogP contribution in [0.2, 0.25) is 0 Å². The van der Waals surface area contributed by atoms with Crippen molar-refractivity contribution in [2.24, 2.45) is 4.99 Å². The first-order valence-electron chi connectivity index (χ1n) is 9.56. The van der Waals surface area contributed by atoms with Crippen molar-refractivity contribution in [3.8, 4) is 5.75 Å². The van der Waals surface area contributed by atoms with Crippen molar-refractivity contribution in [3.63, 3.8) is 0 Å². The fourth-order valence-electron chi connectivity index (χ4n) is 2.46. The summed E-state index contributed by atoms with van der Waals surface area (Å²) >= 11 is 0. The molecule has 7 heteroatoms. The standard InChI is InChI=1S/C20H32N4O2.HI/c1-4-21-20(22-13-5-6-19(25)23-17-9-10-17)24(3)14-15-26-18-11-7-16(2)8-12-18;/h7-8,11-12,17H,4-6,9-10,13-15H2,1-3H3,(H,21,22)(H,23,25);1H. The maximum Gasteiger partial charge on any atom is 0.220 e. The first-order chi connectivity index (χ1) is 12.6. The van der Waals surface area contributed by atoms with Crippen molar-refractivity contribution in [3.05, 3.63) is 29.8 Å². The summed E-state index contributed by atoms with van der Waals surface area (Å²) in [5.74, 6) is 1.88. The molecule has 1 amide bonds. The van der Waals surface area contributed by atoms with Crippen LogP contribution in [0.5, 0.6) is 5.75 Å². The zero-order valence-corrected chi connectivity index (χ0v) is 19.0. The van der Waals surface area contributed by atoms with Gasteiger partial charge < -0.3 is 20.3 Å². The SMILES string of the molecule is CCNC(=NCCCC(=O)NC1CC1)N(C)CCOc1ccc(C)cc1.I. The topological polar surface area (TPSA) is 66.0 Å². The maximum atomic E-state index is 11.7. The first-order valence-corrected chi connectivity index (χ1v) is 9.56. The van der Waals surface area contributed by atoms with Gasteiger partial charge in [-0.25, -0.2) is 0 Å². The van der Waals surface area contributed by atoms with Gasteiger partial charge in [-0.05, 0) is 45.2 Å². The van der Waals surface area contributed by atoms with Crippen LogP contribution >= 0.6 is 24.0 Å². The second-order valence-corrected chi connectivity index (χ2v) is 6.76. The normalized spacial score (nSPS) is 13.5. The van der Waals surface area contributed by atoms with Crippen LogP contribution in [-0.4, -0.2) is 56.1 Å². The van der Waals surface area contributed by atoms with Crippen LogP contribution in [0.3, 0.4) is 0 Å². The van der Waals surface area contributed by atoms with Crippen molar-refractivity contribution in [1.82, 2.24) is 15.5 Å². The average Bonchev–Trinajstić information content (AvgIpc) is 3.43. The maximum absolute atomic E-state index is 11.7. The summed E-state index contributed by atoms with van der Waals surface area (Å²) in [6, 6.07) is 8.50. The van der Waals surface area contributed by atoms with E-state index in [0.29, 0.717) is 25.6 Å². The summed E-state index contributed by atoms with van der Waals surface area (Å²) in [4.78, 5) is 18.4. The lowest BCUT2D eigenvalue weighted by atomic mass is 10.2. The highest BCUT2D eigenvalue weighted by molar-refractivity contribution is 14.0. The fourth-order valence-corrected chi connectivity index (χ4v) is 2.46. The number of likely N-dealkylation sites (N-methyl/N-ethyl adjacent to an activating group) is 1. The molecule has 6 nitrogen and oxygen atoms in total. The summed E-state index contributed by atoms with van der Waals surface area (Å²) < 4.78 is 5.78. The third-order valence-electron chi connectivity index (χ3n) is 4.18. The number of hydrogen-bond donors (Lipinski definition) is 2. The number of halogens is 1. The smallest absolute Gasteiger partial charge is 0.220 e. The summed E-state index contributed by atoms with van der Waals surface area (Å²) in [7, 11) is 2.00. The zero-order chi connectivity index (χ0) is 18.8. The van der Waals surface area contributed by atoms with Crippen LogP contribution < -0.4 is 15.4 Å². The van der Waals surface area contributed by atoms with Gasteiger partial charge in [0.1, 0.15) is 12.4 Å². The van der Waals surface area contributed by atoms with Gasteiger partial charge in [-0.2, -0.15) is 0 Å². The summed E-state index contributed by atoms with van der Waals surface area (Å²) in [5.41, 5.74) is 1.22. The Morgan fingerprint density at radius 3 is 2.63 bits per heavy atom. The molecule has 1 fully saturated rings. The van der Waals surface area contributed by atoms with Gasteiger partial charge in [0.2, 0.25) is 5.91 Å². The number of nitrogens with one attached hydrogen (secondary N) is 2. The highest BCUT2D eigenvalue weighted by Crippen LogP contribution is 2.18. The third-order valence-corrected chi connectivity index (χ3v) is 4.18. The number of hydrogen-bond acceptors (Lipinski definition) is 3. The van der Waals surface area contributed by atoms with E-state index in [2.05, 4.69) is 34.4 Å². The van der Waals surface area contributed by atoms with E-state index in [4.69, 9.17) is 4.74 Å². The Labute approximate surface area is 180 Å². The number of nitrogens with zero attached hydrogens (tertiary/aromatic N) is 2. The zero-order valence-electron chi connectivity index (χ0n) is 16.7.